The highest BCUT2D eigenvalue weighted by atomic mass is 16.3. The fraction of sp³-hybridized carbons (Fsp3) is 0.143. The third-order valence-electron chi connectivity index (χ3n) is 2.78. The molecule has 0 aliphatic rings. The average Bonchev–Trinajstić information content (AvgIpc) is 2.44. The summed E-state index contributed by atoms with van der Waals surface area (Å²) in [6.45, 7) is -0.273. The maximum absolute atomic E-state index is 12.0. The van der Waals surface area contributed by atoms with Crippen molar-refractivity contribution in [1.29, 1.82) is 0 Å². The van der Waals surface area contributed by atoms with Gasteiger partial charge in [0.1, 0.15) is 0 Å². The molecule has 6 heteroatoms. The number of aliphatic hydroxyl groups excluding tert-OH is 1. The van der Waals surface area contributed by atoms with E-state index < -0.39 is 17.5 Å². The Labute approximate surface area is 114 Å². The molecular formula is C14H14N2O4. The van der Waals surface area contributed by atoms with Crippen molar-refractivity contribution in [3.8, 4) is 5.88 Å². The fourth-order valence-electron chi connectivity index (χ4n) is 1.82. The quantitative estimate of drug-likeness (QED) is 0.653. The van der Waals surface area contributed by atoms with Gasteiger partial charge in [-0.05, 0) is 5.56 Å². The molecule has 0 fully saturated rings. The van der Waals surface area contributed by atoms with Crippen LogP contribution < -0.4 is 10.9 Å². The van der Waals surface area contributed by atoms with E-state index in [1.54, 1.807) is 24.3 Å². The van der Waals surface area contributed by atoms with E-state index in [1.807, 2.05) is 6.07 Å². The lowest BCUT2D eigenvalue weighted by atomic mass is 10.1. The van der Waals surface area contributed by atoms with Crippen LogP contribution in [0.1, 0.15) is 22.0 Å². The number of carbonyl (C=O) groups excluding carboxylic acids is 1. The first-order valence-corrected chi connectivity index (χ1v) is 6.00. The van der Waals surface area contributed by atoms with Gasteiger partial charge in [0.15, 0.2) is 5.88 Å². The molecule has 0 bridgehead atoms. The van der Waals surface area contributed by atoms with Gasteiger partial charge in [-0.1, -0.05) is 30.3 Å². The summed E-state index contributed by atoms with van der Waals surface area (Å²) >= 11 is 0. The van der Waals surface area contributed by atoms with Crippen molar-refractivity contribution in [2.75, 3.05) is 6.61 Å². The van der Waals surface area contributed by atoms with Gasteiger partial charge < -0.3 is 15.5 Å². The summed E-state index contributed by atoms with van der Waals surface area (Å²) in [7, 11) is 0. The Balaban J connectivity index is 2.19. The number of aromatic amines is 1. The summed E-state index contributed by atoms with van der Waals surface area (Å²) < 4.78 is 0. The first-order chi connectivity index (χ1) is 9.60. The van der Waals surface area contributed by atoms with Gasteiger partial charge >= 0.3 is 0 Å². The Morgan fingerprint density at radius 2 is 1.95 bits per heavy atom. The second-order valence-corrected chi connectivity index (χ2v) is 4.24. The lowest BCUT2D eigenvalue weighted by molar-refractivity contribution is 0.0915. The van der Waals surface area contributed by atoms with Crippen LogP contribution in [0.2, 0.25) is 0 Å². The molecular weight excluding hydrogens is 260 g/mol. The van der Waals surface area contributed by atoms with E-state index >= 15 is 0 Å². The predicted molar refractivity (Wildman–Crippen MR) is 72.5 cm³/mol. The summed E-state index contributed by atoms with van der Waals surface area (Å²) in [5.74, 6) is -0.933. The van der Waals surface area contributed by atoms with Crippen LogP contribution in [0.25, 0.3) is 0 Å². The van der Waals surface area contributed by atoms with Crippen LogP contribution in [0.15, 0.2) is 47.3 Å². The Morgan fingerprint density at radius 1 is 1.25 bits per heavy atom. The SMILES string of the molecule is O=C(N[C@@H](CO)c1ccccc1)c1cc(O)[nH]c(=O)c1. The standard InChI is InChI=1S/C14H14N2O4/c17-8-11(9-4-2-1-3-5-9)15-14(20)10-6-12(18)16-13(19)7-10/h1-7,11,17H,8H2,(H,15,20)(H2,16,18,19)/t11-/m0/s1. The number of aromatic nitrogens is 1. The number of benzene rings is 1. The van der Waals surface area contributed by atoms with Crippen LogP contribution >= 0.6 is 0 Å². The van der Waals surface area contributed by atoms with Crippen molar-refractivity contribution < 1.29 is 15.0 Å². The lowest BCUT2D eigenvalue weighted by Crippen LogP contribution is -2.31. The van der Waals surface area contributed by atoms with Crippen molar-refractivity contribution in [2.24, 2.45) is 0 Å². The Morgan fingerprint density at radius 3 is 2.55 bits per heavy atom. The molecule has 0 unspecified atom stereocenters. The molecule has 0 aliphatic carbocycles. The highest BCUT2D eigenvalue weighted by Crippen LogP contribution is 2.13. The zero-order valence-corrected chi connectivity index (χ0v) is 10.5. The minimum Gasteiger partial charge on any atom is -0.494 e. The molecule has 0 spiro atoms. The Bertz CT molecular complexity index is 652. The van der Waals surface area contributed by atoms with Gasteiger partial charge in [0.25, 0.3) is 11.5 Å². The minimum atomic E-state index is -0.579. The smallest absolute Gasteiger partial charge is 0.252 e. The summed E-state index contributed by atoms with van der Waals surface area (Å²) in [6.07, 6.45) is 0. The zero-order valence-electron chi connectivity index (χ0n) is 10.5. The number of aliphatic hydroxyl groups is 1. The van der Waals surface area contributed by atoms with Gasteiger partial charge in [-0.3, -0.25) is 14.6 Å². The van der Waals surface area contributed by atoms with E-state index in [9.17, 15) is 19.8 Å². The van der Waals surface area contributed by atoms with Crippen molar-refractivity contribution in [1.82, 2.24) is 10.3 Å². The number of hydrogen-bond acceptors (Lipinski definition) is 4. The molecule has 0 aliphatic heterocycles. The second-order valence-electron chi connectivity index (χ2n) is 4.24. The molecule has 20 heavy (non-hydrogen) atoms. The van der Waals surface area contributed by atoms with Crippen LogP contribution in [0.3, 0.4) is 0 Å². The van der Waals surface area contributed by atoms with Gasteiger partial charge in [0.2, 0.25) is 0 Å². The monoisotopic (exact) mass is 274 g/mol. The molecule has 0 radical (unpaired) electrons. The highest BCUT2D eigenvalue weighted by molar-refractivity contribution is 5.94. The van der Waals surface area contributed by atoms with E-state index in [2.05, 4.69) is 10.3 Å². The predicted octanol–water partition coefficient (Wildman–Crippen LogP) is 0.544. The molecule has 1 aromatic carbocycles. The van der Waals surface area contributed by atoms with Gasteiger partial charge in [-0.15, -0.1) is 0 Å². The molecule has 1 amide bonds. The number of H-pyrrole nitrogens is 1. The number of pyridine rings is 1. The van der Waals surface area contributed by atoms with Gasteiger partial charge in [-0.25, -0.2) is 0 Å². The average molecular weight is 274 g/mol. The third-order valence-corrected chi connectivity index (χ3v) is 2.78. The maximum atomic E-state index is 12.0. The zero-order chi connectivity index (χ0) is 14.5. The van der Waals surface area contributed by atoms with E-state index in [0.29, 0.717) is 0 Å². The van der Waals surface area contributed by atoms with Gasteiger partial charge in [0, 0.05) is 12.1 Å². The Kier molecular flexibility index (Phi) is 4.17. The molecule has 2 aromatic rings. The normalized spacial score (nSPS) is 11.8. The molecule has 1 heterocycles. The molecule has 1 aromatic heterocycles. The first-order valence-electron chi connectivity index (χ1n) is 6.00. The van der Waals surface area contributed by atoms with E-state index in [4.69, 9.17) is 0 Å². The minimum absolute atomic E-state index is 0.0284. The maximum Gasteiger partial charge on any atom is 0.252 e. The molecule has 0 saturated heterocycles. The lowest BCUT2D eigenvalue weighted by Gasteiger charge is -2.16. The van der Waals surface area contributed by atoms with E-state index in [-0.39, 0.29) is 18.1 Å². The Hall–Kier alpha value is -2.60. The van der Waals surface area contributed by atoms with Crippen LogP contribution in [0.4, 0.5) is 0 Å². The van der Waals surface area contributed by atoms with Gasteiger partial charge in [-0.2, -0.15) is 0 Å². The van der Waals surface area contributed by atoms with Crippen molar-refractivity contribution >= 4 is 5.91 Å². The topological polar surface area (TPSA) is 102 Å². The van der Waals surface area contributed by atoms with E-state index in [1.165, 1.54) is 0 Å². The fourth-order valence-corrected chi connectivity index (χ4v) is 1.82. The number of rotatable bonds is 4. The van der Waals surface area contributed by atoms with Crippen molar-refractivity contribution in [3.63, 3.8) is 0 Å². The molecule has 104 valence electrons. The molecule has 1 atom stereocenters. The van der Waals surface area contributed by atoms with Crippen LogP contribution in [0.5, 0.6) is 5.88 Å². The number of aromatic hydroxyl groups is 1. The van der Waals surface area contributed by atoms with Crippen LogP contribution in [-0.2, 0) is 0 Å². The summed E-state index contributed by atoms with van der Waals surface area (Å²) in [5, 5.41) is 21.2. The highest BCUT2D eigenvalue weighted by Gasteiger charge is 2.15. The first kappa shape index (κ1) is 13.8. The summed E-state index contributed by atoms with van der Waals surface area (Å²) in [6, 6.07) is 10.6. The van der Waals surface area contributed by atoms with Crippen LogP contribution in [-0.4, -0.2) is 27.7 Å². The number of hydrogen-bond donors (Lipinski definition) is 4. The van der Waals surface area contributed by atoms with Gasteiger partial charge in [0.05, 0.1) is 18.2 Å². The summed E-state index contributed by atoms with van der Waals surface area (Å²) in [4.78, 5) is 25.3. The molecule has 0 saturated carbocycles. The van der Waals surface area contributed by atoms with Crippen molar-refractivity contribution in [2.45, 2.75) is 6.04 Å². The van der Waals surface area contributed by atoms with Crippen molar-refractivity contribution in [3.05, 3.63) is 63.9 Å². The number of nitrogens with one attached hydrogen (secondary N) is 2. The molecule has 4 N–H and O–H groups in total. The molecule has 2 rings (SSSR count). The largest absolute Gasteiger partial charge is 0.494 e. The number of carbonyl (C=O) groups is 1. The third kappa shape index (κ3) is 3.24. The second kappa shape index (κ2) is 6.03. The number of amides is 1. The summed E-state index contributed by atoms with van der Waals surface area (Å²) in [5.41, 5.74) is 0.202. The van der Waals surface area contributed by atoms with E-state index in [0.717, 1.165) is 17.7 Å². The molecule has 6 nitrogen and oxygen atoms in total. The van der Waals surface area contributed by atoms with Crippen LogP contribution in [0, 0.1) is 0 Å².